The number of carboxylic acid groups (broad SMARTS) is 8. The third-order valence-electron chi connectivity index (χ3n) is 12.1. The highest BCUT2D eigenvalue weighted by atomic mass is 16.4. The Morgan fingerprint density at radius 3 is 1.47 bits per heavy atom. The zero-order valence-electron chi connectivity index (χ0n) is 33.9. The molecule has 3 aliphatic heterocycles. The standard InChI is InChI=1S/C42H48N4O16/c1-41(17-39(59)60)23(5-9-35(51)52)29-14-27-21(11-37(55)56)19(3-7-33(47)48)25(43-27)13-26-20(4-8-34(49)50)22(12-38(57)58)28(44-26)15-31-42(2,18-40(61)62)24(6-10-36(53)54)30(46-31)16-32(41)45-29/h14-16,23-24,43-44,46H,3-13,17-18H2,1-2H3,(H,47,48)(H,49,50)(H,51,52)(H,53,54)(H,55,56)(H,57,58)(H,59,60)(H,61,62)/b29-14-,30-16-,31-15-. The largest absolute Gasteiger partial charge is 0.481 e. The number of hydrogen-bond donors (Lipinski definition) is 11. The fourth-order valence-electron chi connectivity index (χ4n) is 9.22. The van der Waals surface area contributed by atoms with Gasteiger partial charge in [0.05, 0.1) is 25.7 Å². The summed E-state index contributed by atoms with van der Waals surface area (Å²) in [4.78, 5) is 109. The van der Waals surface area contributed by atoms with Crippen LogP contribution < -0.4 is 5.32 Å². The lowest BCUT2D eigenvalue weighted by atomic mass is 9.68. The van der Waals surface area contributed by atoms with Crippen molar-refractivity contribution >= 4 is 65.6 Å². The Morgan fingerprint density at radius 2 is 1.02 bits per heavy atom. The molecule has 1 saturated heterocycles. The first-order valence-corrected chi connectivity index (χ1v) is 19.7. The molecule has 332 valence electrons. The molecule has 2 aromatic heterocycles. The molecule has 11 N–H and O–H groups in total. The van der Waals surface area contributed by atoms with E-state index in [1.807, 2.05) is 0 Å². The molecule has 3 aliphatic rings. The van der Waals surface area contributed by atoms with E-state index >= 15 is 0 Å². The van der Waals surface area contributed by atoms with E-state index in [9.17, 15) is 79.2 Å². The second-order valence-corrected chi connectivity index (χ2v) is 16.3. The summed E-state index contributed by atoms with van der Waals surface area (Å²) in [5, 5.41) is 83.0. The summed E-state index contributed by atoms with van der Waals surface area (Å²) in [6.45, 7) is 3.15. The minimum Gasteiger partial charge on any atom is -0.481 e. The second kappa shape index (κ2) is 18.3. The van der Waals surface area contributed by atoms with Gasteiger partial charge in [-0.25, -0.2) is 0 Å². The van der Waals surface area contributed by atoms with Crippen molar-refractivity contribution in [3.63, 3.8) is 0 Å². The molecular weight excluding hydrogens is 816 g/mol. The van der Waals surface area contributed by atoms with Crippen LogP contribution in [0, 0.1) is 22.7 Å². The van der Waals surface area contributed by atoms with Crippen molar-refractivity contribution in [2.24, 2.45) is 27.7 Å². The van der Waals surface area contributed by atoms with Crippen molar-refractivity contribution in [1.82, 2.24) is 15.3 Å². The Bertz CT molecular complexity index is 2360. The van der Waals surface area contributed by atoms with E-state index < -0.39 is 122 Å². The lowest BCUT2D eigenvalue weighted by Gasteiger charge is -2.32. The number of nitrogens with one attached hydrogen (secondary N) is 3. The van der Waals surface area contributed by atoms with Crippen molar-refractivity contribution < 1.29 is 79.2 Å². The van der Waals surface area contributed by atoms with Gasteiger partial charge in [0.2, 0.25) is 0 Å². The summed E-state index contributed by atoms with van der Waals surface area (Å²) in [5.41, 5.74) is -0.495. The van der Waals surface area contributed by atoms with Crippen molar-refractivity contribution in [2.75, 3.05) is 0 Å². The van der Waals surface area contributed by atoms with Gasteiger partial charge in [-0.05, 0) is 66.2 Å². The lowest BCUT2D eigenvalue weighted by Crippen LogP contribution is -2.34. The van der Waals surface area contributed by atoms with Crippen LogP contribution in [0.3, 0.4) is 0 Å². The third-order valence-corrected chi connectivity index (χ3v) is 12.1. The third kappa shape index (κ3) is 10.1. The van der Waals surface area contributed by atoms with Gasteiger partial charge in [-0.3, -0.25) is 43.3 Å². The average molecular weight is 865 g/mol. The van der Waals surface area contributed by atoms with Crippen molar-refractivity contribution in [2.45, 2.75) is 97.3 Å². The SMILES string of the molecule is CC1(CC(=O)O)C2=NC(=C\c3[nH]c(c(CCC(=O)O)c3CC(=O)O)Cc3[nH]c(c(CC(=O)O)c3CCC(=O)O)/C=C3\N/C(=C\2)C(CCC(=O)O)C3(C)CC(=O)O)/C1CCC(=O)O. The van der Waals surface area contributed by atoms with Crippen molar-refractivity contribution in [1.29, 1.82) is 0 Å². The highest BCUT2D eigenvalue weighted by Gasteiger charge is 2.51. The van der Waals surface area contributed by atoms with E-state index in [1.165, 1.54) is 18.2 Å². The minimum atomic E-state index is -1.46. The molecule has 0 amide bonds. The number of hydrogen-bond acceptors (Lipinski definition) is 10. The van der Waals surface area contributed by atoms with Crippen molar-refractivity contribution in [3.05, 3.63) is 68.2 Å². The summed E-state index contributed by atoms with van der Waals surface area (Å²) < 4.78 is 0. The Morgan fingerprint density at radius 1 is 0.565 bits per heavy atom. The molecule has 0 radical (unpaired) electrons. The van der Waals surface area contributed by atoms with Crippen LogP contribution in [0.1, 0.15) is 110 Å². The Labute approximate surface area is 352 Å². The maximum absolute atomic E-state index is 12.6. The first-order chi connectivity index (χ1) is 29.0. The molecule has 20 nitrogen and oxygen atoms in total. The average Bonchev–Trinajstić information content (AvgIpc) is 3.77. The summed E-state index contributed by atoms with van der Waals surface area (Å²) in [6, 6.07) is 0. The monoisotopic (exact) mass is 864 g/mol. The van der Waals surface area contributed by atoms with Crippen LogP contribution in [0.25, 0.3) is 12.2 Å². The lowest BCUT2D eigenvalue weighted by molar-refractivity contribution is -0.140. The van der Waals surface area contributed by atoms with Gasteiger partial charge in [-0.15, -0.1) is 0 Å². The predicted molar refractivity (Wildman–Crippen MR) is 215 cm³/mol. The number of aromatic amines is 2. The number of rotatable bonds is 20. The van der Waals surface area contributed by atoms with Gasteiger partial charge in [0, 0.05) is 100 Å². The number of H-pyrrole nitrogens is 2. The van der Waals surface area contributed by atoms with Gasteiger partial charge < -0.3 is 56.1 Å². The van der Waals surface area contributed by atoms with Gasteiger partial charge >= 0.3 is 47.8 Å². The van der Waals surface area contributed by atoms with Crippen LogP contribution in [0.15, 0.2) is 28.2 Å². The van der Waals surface area contributed by atoms with Crippen LogP contribution >= 0.6 is 0 Å². The molecule has 8 bridgehead atoms. The zero-order chi connectivity index (χ0) is 45.8. The van der Waals surface area contributed by atoms with Gasteiger partial charge in [-0.1, -0.05) is 13.8 Å². The van der Waals surface area contributed by atoms with Gasteiger partial charge in [0.1, 0.15) is 0 Å². The van der Waals surface area contributed by atoms with Crippen molar-refractivity contribution in [3.8, 4) is 0 Å². The van der Waals surface area contributed by atoms with E-state index in [0.717, 1.165) is 0 Å². The van der Waals surface area contributed by atoms with E-state index in [0.29, 0.717) is 0 Å². The normalized spacial score (nSPS) is 24.0. The number of nitrogens with zero attached hydrogens (tertiary/aromatic N) is 1. The van der Waals surface area contributed by atoms with Crippen LogP contribution in [-0.2, 0) is 70.5 Å². The molecule has 4 atom stereocenters. The molecule has 2 aromatic rings. The maximum atomic E-state index is 12.6. The molecule has 0 spiro atoms. The van der Waals surface area contributed by atoms with E-state index in [4.69, 9.17) is 4.99 Å². The van der Waals surface area contributed by atoms with Crippen LogP contribution in [-0.4, -0.2) is 104 Å². The summed E-state index contributed by atoms with van der Waals surface area (Å²) >= 11 is 0. The number of carboxylic acids is 8. The first kappa shape index (κ1) is 46.1. The fraction of sp³-hybridized carbons (Fsp3) is 0.452. The molecule has 62 heavy (non-hydrogen) atoms. The molecule has 5 heterocycles. The number of carbonyl (C=O) groups is 8. The molecule has 0 aromatic carbocycles. The zero-order valence-corrected chi connectivity index (χ0v) is 33.9. The van der Waals surface area contributed by atoms with Gasteiger partial charge in [0.25, 0.3) is 0 Å². The van der Waals surface area contributed by atoms with Gasteiger partial charge in [-0.2, -0.15) is 0 Å². The summed E-state index contributed by atoms with van der Waals surface area (Å²) in [7, 11) is 0. The van der Waals surface area contributed by atoms with Crippen LogP contribution in [0.5, 0.6) is 0 Å². The smallest absolute Gasteiger partial charge is 0.307 e. The molecule has 20 heteroatoms. The minimum absolute atomic E-state index is 0.109. The summed E-state index contributed by atoms with van der Waals surface area (Å²) in [5.74, 6) is -11.8. The molecule has 5 rings (SSSR count). The maximum Gasteiger partial charge on any atom is 0.307 e. The summed E-state index contributed by atoms with van der Waals surface area (Å²) in [6.07, 6.45) is -0.580. The number of aliphatic imine (C=N–C) groups is 1. The number of aromatic nitrogens is 2. The van der Waals surface area contributed by atoms with E-state index in [-0.39, 0.29) is 99.9 Å². The second-order valence-electron chi connectivity index (χ2n) is 16.3. The fourth-order valence-corrected chi connectivity index (χ4v) is 9.22. The van der Waals surface area contributed by atoms with Crippen LogP contribution in [0.4, 0.5) is 0 Å². The predicted octanol–water partition coefficient (Wildman–Crippen LogP) is 3.78. The topological polar surface area (TPSA) is 354 Å². The van der Waals surface area contributed by atoms with Gasteiger partial charge in [0.15, 0.2) is 0 Å². The molecule has 1 fully saturated rings. The Hall–Kier alpha value is -6.99. The molecular formula is C42H48N4O16. The number of aliphatic carboxylic acids is 8. The molecule has 0 saturated carbocycles. The first-order valence-electron chi connectivity index (χ1n) is 19.7. The Kier molecular flexibility index (Phi) is 13.6. The number of allylic oxidation sites excluding steroid dienone is 4. The van der Waals surface area contributed by atoms with Crippen LogP contribution in [0.2, 0.25) is 0 Å². The molecule has 0 aliphatic carbocycles. The quantitative estimate of drug-likeness (QED) is 0.0902. The van der Waals surface area contributed by atoms with E-state index in [2.05, 4.69) is 15.3 Å². The molecule has 4 unspecified atom stereocenters. The Balaban J connectivity index is 1.97. The highest BCUT2D eigenvalue weighted by Crippen LogP contribution is 2.53. The van der Waals surface area contributed by atoms with E-state index in [1.54, 1.807) is 13.8 Å². The number of fused-ring (bicyclic) bond motifs is 7. The highest BCUT2D eigenvalue weighted by molar-refractivity contribution is 6.05.